The van der Waals surface area contributed by atoms with Crippen molar-refractivity contribution in [3.63, 3.8) is 0 Å². The highest BCUT2D eigenvalue weighted by molar-refractivity contribution is 9.09. The predicted molar refractivity (Wildman–Crippen MR) is 150 cm³/mol. The quantitative estimate of drug-likeness (QED) is 0.217. The number of carbonyl (C=O) groups is 3. The fraction of sp³-hybridized carbons (Fsp3) is 0.552. The summed E-state index contributed by atoms with van der Waals surface area (Å²) in [5.74, 6) is -2.34. The highest BCUT2D eigenvalue weighted by Crippen LogP contribution is 2.60. The number of aliphatic hydroxyl groups is 1. The first-order valence-corrected chi connectivity index (χ1v) is 14.4. The normalized spacial score (nSPS) is 29.3. The van der Waals surface area contributed by atoms with Crippen molar-refractivity contribution < 1.29 is 24.2 Å². The lowest BCUT2D eigenvalue weighted by Crippen LogP contribution is -2.57. The minimum atomic E-state index is -1.15. The van der Waals surface area contributed by atoms with Crippen molar-refractivity contribution in [1.82, 2.24) is 9.80 Å². The van der Waals surface area contributed by atoms with E-state index in [1.807, 2.05) is 30.3 Å². The number of aliphatic hydroxyl groups excluding tert-OH is 1. The average molecular weight is 589 g/mol. The van der Waals surface area contributed by atoms with Crippen LogP contribution >= 0.6 is 15.9 Å². The van der Waals surface area contributed by atoms with E-state index >= 15 is 0 Å². The number of β-amino-alcohol motifs (C(OH)–C–C–N with tert-alkyl or cyclic N) is 1. The second kappa shape index (κ2) is 12.1. The van der Waals surface area contributed by atoms with Crippen LogP contribution in [0.25, 0.3) is 0 Å². The molecule has 9 heteroatoms. The number of hydrogen-bond acceptors (Lipinski definition) is 5. The van der Waals surface area contributed by atoms with Gasteiger partial charge in [0.15, 0.2) is 0 Å². The fourth-order valence-corrected chi connectivity index (χ4v) is 7.39. The molecule has 3 amide bonds. The van der Waals surface area contributed by atoms with Gasteiger partial charge >= 0.3 is 0 Å². The van der Waals surface area contributed by atoms with Crippen molar-refractivity contribution in [3.8, 4) is 0 Å². The first-order valence-electron chi connectivity index (χ1n) is 13.5. The van der Waals surface area contributed by atoms with Crippen LogP contribution in [0.5, 0.6) is 0 Å². The summed E-state index contributed by atoms with van der Waals surface area (Å²) in [4.78, 5) is 46.9. The van der Waals surface area contributed by atoms with Gasteiger partial charge in [-0.3, -0.25) is 14.4 Å². The molecular formula is C29H38BrN3O5. The Bertz CT molecular complexity index is 1050. The van der Waals surface area contributed by atoms with Gasteiger partial charge in [0, 0.05) is 36.7 Å². The number of para-hydroxylation sites is 1. The Morgan fingerprint density at radius 3 is 2.53 bits per heavy atom. The number of hydrogen-bond donors (Lipinski definition) is 1. The maximum Gasteiger partial charge on any atom is 0.248 e. The molecule has 206 valence electrons. The van der Waals surface area contributed by atoms with E-state index in [0.29, 0.717) is 25.2 Å². The van der Waals surface area contributed by atoms with E-state index in [-0.39, 0.29) is 42.2 Å². The molecule has 3 saturated heterocycles. The molecule has 3 unspecified atom stereocenters. The summed E-state index contributed by atoms with van der Waals surface area (Å²) in [6.07, 6.45) is 6.06. The highest BCUT2D eigenvalue weighted by Gasteiger charge is 2.76. The van der Waals surface area contributed by atoms with E-state index in [4.69, 9.17) is 4.74 Å². The Morgan fingerprint density at radius 2 is 1.89 bits per heavy atom. The molecule has 1 aromatic carbocycles. The summed E-state index contributed by atoms with van der Waals surface area (Å²) in [5, 5.41) is 9.85. The van der Waals surface area contributed by atoms with Gasteiger partial charge in [0.1, 0.15) is 11.6 Å². The van der Waals surface area contributed by atoms with Crippen LogP contribution in [-0.4, -0.2) is 88.0 Å². The molecule has 4 rings (SSSR count). The third kappa shape index (κ3) is 4.84. The van der Waals surface area contributed by atoms with Gasteiger partial charge in [-0.15, -0.1) is 13.2 Å². The van der Waals surface area contributed by atoms with E-state index in [0.717, 1.165) is 19.3 Å². The zero-order chi connectivity index (χ0) is 27.4. The van der Waals surface area contributed by atoms with Gasteiger partial charge in [-0.05, 0) is 25.0 Å². The lowest BCUT2D eigenvalue weighted by molar-refractivity contribution is -0.148. The fourth-order valence-electron chi connectivity index (χ4n) is 6.45. The average Bonchev–Trinajstić information content (AvgIpc) is 3.50. The number of anilines is 1. The largest absolute Gasteiger partial charge is 0.395 e. The van der Waals surface area contributed by atoms with Crippen LogP contribution in [0.3, 0.4) is 0 Å². The summed E-state index contributed by atoms with van der Waals surface area (Å²) in [6, 6.07) is 8.37. The number of unbranched alkanes of at least 4 members (excludes halogenated alkanes) is 2. The molecule has 2 bridgehead atoms. The Morgan fingerprint density at radius 1 is 1.18 bits per heavy atom. The molecule has 3 aliphatic heterocycles. The topological polar surface area (TPSA) is 90.4 Å². The summed E-state index contributed by atoms with van der Waals surface area (Å²) < 4.78 is 6.59. The Balaban J connectivity index is 1.73. The number of ether oxygens (including phenoxy) is 1. The van der Waals surface area contributed by atoms with Crippen molar-refractivity contribution in [3.05, 3.63) is 55.6 Å². The van der Waals surface area contributed by atoms with Crippen molar-refractivity contribution in [2.24, 2.45) is 11.8 Å². The van der Waals surface area contributed by atoms with Gasteiger partial charge < -0.3 is 24.5 Å². The minimum Gasteiger partial charge on any atom is -0.395 e. The van der Waals surface area contributed by atoms with E-state index < -0.39 is 29.6 Å². The van der Waals surface area contributed by atoms with Gasteiger partial charge in [-0.1, -0.05) is 66.0 Å². The third-order valence-electron chi connectivity index (χ3n) is 7.99. The Hall–Kier alpha value is -2.49. The van der Waals surface area contributed by atoms with E-state index in [9.17, 15) is 19.5 Å². The van der Waals surface area contributed by atoms with Crippen LogP contribution < -0.4 is 4.90 Å². The number of carbonyl (C=O) groups excluding carboxylic acids is 3. The molecule has 3 heterocycles. The van der Waals surface area contributed by atoms with Crippen molar-refractivity contribution >= 4 is 39.3 Å². The summed E-state index contributed by atoms with van der Waals surface area (Å²) in [6.45, 7) is 10.6. The molecule has 8 nitrogen and oxygen atoms in total. The van der Waals surface area contributed by atoms with Crippen LogP contribution in [0.1, 0.15) is 32.6 Å². The summed E-state index contributed by atoms with van der Waals surface area (Å²) in [5.41, 5.74) is -0.442. The van der Waals surface area contributed by atoms with Crippen LogP contribution in [0.4, 0.5) is 5.69 Å². The lowest BCUT2D eigenvalue weighted by Gasteiger charge is -2.37. The Labute approximate surface area is 233 Å². The molecular weight excluding hydrogens is 550 g/mol. The van der Waals surface area contributed by atoms with Gasteiger partial charge in [0.25, 0.3) is 0 Å². The number of likely N-dealkylation sites (tertiary alicyclic amines) is 1. The molecule has 3 aliphatic rings. The minimum absolute atomic E-state index is 0.00132. The maximum absolute atomic E-state index is 14.2. The standard InChI is InChI=1S/C29H38BrN3O5/c1-4-7-11-16-31(14-5-2)28(37)25-29-19-21(30)24(38-29)22(23(29)27(36)33(25)17-18-34)26(35)32(15-6-3)20-12-9-8-10-13-20/h5-6,8-10,12-13,21-25,34H,2-4,7,11,14-19H2,1H3/t21?,22-,23-,24-,25?,29?/m0/s1. The van der Waals surface area contributed by atoms with Crippen LogP contribution in [-0.2, 0) is 19.1 Å². The molecule has 0 aliphatic carbocycles. The first kappa shape index (κ1) is 28.5. The van der Waals surface area contributed by atoms with Crippen molar-refractivity contribution in [2.75, 3.05) is 37.7 Å². The highest BCUT2D eigenvalue weighted by atomic mass is 79.9. The SMILES string of the molecule is C=CCN(CCCCC)C(=O)C1N(CCO)C(=O)[C@@H]2[C@H](C(=O)N(CC=C)c3ccccc3)[C@H]3OC12CC3Br. The monoisotopic (exact) mass is 587 g/mol. The second-order valence-electron chi connectivity index (χ2n) is 10.3. The van der Waals surface area contributed by atoms with Gasteiger partial charge in [0.05, 0.1) is 24.5 Å². The maximum atomic E-state index is 14.2. The molecule has 38 heavy (non-hydrogen) atoms. The number of nitrogens with zero attached hydrogens (tertiary/aromatic N) is 3. The smallest absolute Gasteiger partial charge is 0.248 e. The number of fused-ring (bicyclic) bond motifs is 1. The van der Waals surface area contributed by atoms with E-state index in [1.54, 1.807) is 22.0 Å². The van der Waals surface area contributed by atoms with Crippen LogP contribution in [0.15, 0.2) is 55.6 Å². The van der Waals surface area contributed by atoms with E-state index in [2.05, 4.69) is 36.0 Å². The number of rotatable bonds is 13. The second-order valence-corrected chi connectivity index (χ2v) is 11.4. The van der Waals surface area contributed by atoms with Gasteiger partial charge in [0.2, 0.25) is 17.7 Å². The number of halogens is 1. The molecule has 3 fully saturated rings. The third-order valence-corrected chi connectivity index (χ3v) is 8.83. The number of benzene rings is 1. The first-order chi connectivity index (χ1) is 18.4. The van der Waals surface area contributed by atoms with Gasteiger partial charge in [-0.2, -0.15) is 0 Å². The lowest BCUT2D eigenvalue weighted by atomic mass is 9.70. The van der Waals surface area contributed by atoms with Crippen LogP contribution in [0, 0.1) is 11.8 Å². The zero-order valence-electron chi connectivity index (χ0n) is 22.0. The molecule has 0 aromatic heterocycles. The molecule has 1 aromatic rings. The zero-order valence-corrected chi connectivity index (χ0v) is 23.6. The van der Waals surface area contributed by atoms with Crippen molar-refractivity contribution in [2.45, 2.75) is 55.2 Å². The summed E-state index contributed by atoms with van der Waals surface area (Å²) in [7, 11) is 0. The molecule has 0 saturated carbocycles. The van der Waals surface area contributed by atoms with Crippen LogP contribution in [0.2, 0.25) is 0 Å². The molecule has 1 spiro atoms. The Kier molecular flexibility index (Phi) is 9.11. The van der Waals surface area contributed by atoms with E-state index in [1.165, 1.54) is 4.90 Å². The number of amides is 3. The van der Waals surface area contributed by atoms with Gasteiger partial charge in [-0.25, -0.2) is 0 Å². The summed E-state index contributed by atoms with van der Waals surface area (Å²) >= 11 is 3.72. The van der Waals surface area contributed by atoms with Crippen molar-refractivity contribution in [1.29, 1.82) is 0 Å². The molecule has 0 radical (unpaired) electrons. The molecule has 1 N–H and O–H groups in total. The number of alkyl halides is 1. The molecule has 6 atom stereocenters. The predicted octanol–water partition coefficient (Wildman–Crippen LogP) is 3.15.